The molecular formula is C22H40N4O4. The lowest BCUT2D eigenvalue weighted by Gasteiger charge is -2.41. The molecule has 2 aliphatic rings. The number of hydrogen-bond acceptors (Lipinski definition) is 6. The molecule has 8 heteroatoms. The SMILES string of the molecule is CC(C)CNC(=O)CC(O)C(C(=O)[C@@](C)(N)N1CCCC1=O)C(N)C1CCCCC1. The average Bonchev–Trinajstić information content (AvgIpc) is 3.13. The van der Waals surface area contributed by atoms with Gasteiger partial charge in [-0.25, -0.2) is 0 Å². The van der Waals surface area contributed by atoms with Gasteiger partial charge >= 0.3 is 0 Å². The zero-order valence-corrected chi connectivity index (χ0v) is 18.7. The predicted octanol–water partition coefficient (Wildman–Crippen LogP) is 0.900. The molecule has 0 bridgehead atoms. The number of nitrogens with zero attached hydrogens (tertiary/aromatic N) is 1. The lowest BCUT2D eigenvalue weighted by molar-refractivity contribution is -0.148. The largest absolute Gasteiger partial charge is 0.392 e. The first-order valence-electron chi connectivity index (χ1n) is 11.4. The van der Waals surface area contributed by atoms with Crippen molar-refractivity contribution in [3.8, 4) is 0 Å². The molecule has 2 amide bonds. The summed E-state index contributed by atoms with van der Waals surface area (Å²) < 4.78 is 0. The van der Waals surface area contributed by atoms with Crippen LogP contribution < -0.4 is 16.8 Å². The van der Waals surface area contributed by atoms with Crippen molar-refractivity contribution in [2.24, 2.45) is 29.2 Å². The van der Waals surface area contributed by atoms with Gasteiger partial charge in [0.2, 0.25) is 11.8 Å². The lowest BCUT2D eigenvalue weighted by atomic mass is 9.73. The van der Waals surface area contributed by atoms with Crippen LogP contribution in [-0.4, -0.2) is 58.5 Å². The first-order valence-corrected chi connectivity index (χ1v) is 11.4. The first kappa shape index (κ1) is 24.8. The number of Topliss-reactive ketones (excluding diaryl/α,β-unsaturated/α-hetero) is 1. The Morgan fingerprint density at radius 2 is 1.87 bits per heavy atom. The Bertz CT molecular complexity index is 616. The third-order valence-corrected chi connectivity index (χ3v) is 6.56. The van der Waals surface area contributed by atoms with E-state index < -0.39 is 29.5 Å². The molecule has 4 atom stereocenters. The summed E-state index contributed by atoms with van der Waals surface area (Å²) in [4.78, 5) is 39.5. The van der Waals surface area contributed by atoms with Crippen LogP contribution in [0.15, 0.2) is 0 Å². The van der Waals surface area contributed by atoms with E-state index in [1.807, 2.05) is 13.8 Å². The number of hydrogen-bond donors (Lipinski definition) is 4. The van der Waals surface area contributed by atoms with Crippen molar-refractivity contribution in [3.05, 3.63) is 0 Å². The minimum Gasteiger partial charge on any atom is -0.392 e. The number of nitrogens with two attached hydrogens (primary N) is 2. The van der Waals surface area contributed by atoms with E-state index >= 15 is 0 Å². The van der Waals surface area contributed by atoms with E-state index in [1.54, 1.807) is 0 Å². The number of carbonyl (C=O) groups is 3. The molecule has 1 saturated carbocycles. The fourth-order valence-corrected chi connectivity index (χ4v) is 4.74. The number of ketones is 1. The van der Waals surface area contributed by atoms with E-state index in [1.165, 1.54) is 11.8 Å². The molecule has 8 nitrogen and oxygen atoms in total. The Morgan fingerprint density at radius 3 is 2.40 bits per heavy atom. The number of likely N-dealkylation sites (tertiary alicyclic amines) is 1. The number of aliphatic hydroxyl groups excluding tert-OH is 1. The molecule has 6 N–H and O–H groups in total. The number of nitrogens with one attached hydrogen (secondary N) is 1. The zero-order chi connectivity index (χ0) is 22.5. The zero-order valence-electron chi connectivity index (χ0n) is 18.7. The van der Waals surface area contributed by atoms with Crippen molar-refractivity contribution in [1.82, 2.24) is 10.2 Å². The minimum atomic E-state index is -1.56. The second-order valence-corrected chi connectivity index (χ2v) is 9.63. The second kappa shape index (κ2) is 10.7. The van der Waals surface area contributed by atoms with Crippen molar-refractivity contribution >= 4 is 17.6 Å². The van der Waals surface area contributed by atoms with Crippen LogP contribution in [0.1, 0.15) is 72.1 Å². The van der Waals surface area contributed by atoms with E-state index in [0.29, 0.717) is 25.9 Å². The Hall–Kier alpha value is -1.51. The highest BCUT2D eigenvalue weighted by molar-refractivity contribution is 5.95. The molecule has 172 valence electrons. The summed E-state index contributed by atoms with van der Waals surface area (Å²) in [6, 6.07) is -0.605. The van der Waals surface area contributed by atoms with Gasteiger partial charge in [-0.15, -0.1) is 0 Å². The molecule has 1 heterocycles. The van der Waals surface area contributed by atoms with Gasteiger partial charge < -0.3 is 26.8 Å². The molecule has 1 aliphatic carbocycles. The highest BCUT2D eigenvalue weighted by Crippen LogP contribution is 2.33. The molecule has 0 aromatic rings. The summed E-state index contributed by atoms with van der Waals surface area (Å²) in [5.41, 5.74) is 11.4. The summed E-state index contributed by atoms with van der Waals surface area (Å²) in [6.45, 7) is 6.39. The molecule has 0 spiro atoms. The topological polar surface area (TPSA) is 139 Å². The first-order chi connectivity index (χ1) is 14.1. The van der Waals surface area contributed by atoms with Crippen molar-refractivity contribution < 1.29 is 19.5 Å². The maximum Gasteiger partial charge on any atom is 0.224 e. The van der Waals surface area contributed by atoms with Gasteiger partial charge in [-0.2, -0.15) is 0 Å². The third kappa shape index (κ3) is 6.02. The lowest BCUT2D eigenvalue weighted by Crippen LogP contribution is -2.65. The number of carbonyl (C=O) groups excluding carboxylic acids is 3. The maximum absolute atomic E-state index is 13.6. The van der Waals surface area contributed by atoms with Crippen molar-refractivity contribution in [3.63, 3.8) is 0 Å². The van der Waals surface area contributed by atoms with Crippen LogP contribution in [0.25, 0.3) is 0 Å². The summed E-state index contributed by atoms with van der Waals surface area (Å²) in [6.07, 6.45) is 4.54. The van der Waals surface area contributed by atoms with E-state index in [9.17, 15) is 19.5 Å². The maximum atomic E-state index is 13.6. The summed E-state index contributed by atoms with van der Waals surface area (Å²) in [5.74, 6) is -1.57. The second-order valence-electron chi connectivity index (χ2n) is 9.63. The highest BCUT2D eigenvalue weighted by Gasteiger charge is 2.48. The van der Waals surface area contributed by atoms with E-state index in [0.717, 1.165) is 32.1 Å². The van der Waals surface area contributed by atoms with E-state index in [-0.39, 0.29) is 30.1 Å². The van der Waals surface area contributed by atoms with Crippen molar-refractivity contribution in [1.29, 1.82) is 0 Å². The van der Waals surface area contributed by atoms with E-state index in [4.69, 9.17) is 11.5 Å². The van der Waals surface area contributed by atoms with Crippen LogP contribution in [0.4, 0.5) is 0 Å². The summed E-state index contributed by atoms with van der Waals surface area (Å²) in [7, 11) is 0. The molecule has 1 aliphatic heterocycles. The summed E-state index contributed by atoms with van der Waals surface area (Å²) in [5, 5.41) is 13.7. The fraction of sp³-hybridized carbons (Fsp3) is 0.864. The van der Waals surface area contributed by atoms with E-state index in [2.05, 4.69) is 5.32 Å². The van der Waals surface area contributed by atoms with Crippen LogP contribution >= 0.6 is 0 Å². The molecule has 1 saturated heterocycles. The van der Waals surface area contributed by atoms with Crippen LogP contribution in [0.5, 0.6) is 0 Å². The number of rotatable bonds is 10. The molecular weight excluding hydrogens is 384 g/mol. The molecule has 2 rings (SSSR count). The molecule has 2 fully saturated rings. The van der Waals surface area contributed by atoms with Crippen LogP contribution in [0.3, 0.4) is 0 Å². The Kier molecular flexibility index (Phi) is 8.82. The Morgan fingerprint density at radius 1 is 1.23 bits per heavy atom. The third-order valence-electron chi connectivity index (χ3n) is 6.56. The Labute approximate surface area is 180 Å². The van der Waals surface area contributed by atoms with Gasteiger partial charge in [-0.3, -0.25) is 14.4 Å². The molecule has 0 aromatic heterocycles. The van der Waals surface area contributed by atoms with Crippen molar-refractivity contribution in [2.45, 2.75) is 89.9 Å². The fourth-order valence-electron chi connectivity index (χ4n) is 4.74. The van der Waals surface area contributed by atoms with Gasteiger partial charge in [0.1, 0.15) is 5.66 Å². The highest BCUT2D eigenvalue weighted by atomic mass is 16.3. The smallest absolute Gasteiger partial charge is 0.224 e. The molecule has 0 radical (unpaired) electrons. The van der Waals surface area contributed by atoms with Crippen LogP contribution in [0.2, 0.25) is 0 Å². The number of aliphatic hydroxyl groups is 1. The quantitative estimate of drug-likeness (QED) is 0.411. The number of amides is 2. The normalized spacial score (nSPS) is 23.2. The van der Waals surface area contributed by atoms with Gasteiger partial charge in [0.15, 0.2) is 5.78 Å². The molecule has 3 unspecified atom stereocenters. The van der Waals surface area contributed by atoms with Crippen molar-refractivity contribution in [2.75, 3.05) is 13.1 Å². The van der Waals surface area contributed by atoms with Gasteiger partial charge in [0.25, 0.3) is 0 Å². The van der Waals surface area contributed by atoms with Crippen LogP contribution in [0, 0.1) is 17.8 Å². The van der Waals surface area contributed by atoms with Gasteiger partial charge in [0.05, 0.1) is 18.4 Å². The average molecular weight is 425 g/mol. The molecule has 30 heavy (non-hydrogen) atoms. The molecule has 0 aromatic carbocycles. The van der Waals surface area contributed by atoms with Crippen LogP contribution in [-0.2, 0) is 14.4 Å². The van der Waals surface area contributed by atoms with Gasteiger partial charge in [-0.1, -0.05) is 33.1 Å². The monoisotopic (exact) mass is 424 g/mol. The summed E-state index contributed by atoms with van der Waals surface area (Å²) >= 11 is 0. The standard InChI is InChI=1S/C22H40N4O4/c1-14(2)13-25-17(28)12-16(27)19(20(23)15-8-5-4-6-9-15)21(30)22(3,24)26-11-7-10-18(26)29/h14-16,19-20,27H,4-13,23-24H2,1-3H3,(H,25,28)/t16?,19?,20?,22-/m0/s1. The Balaban J connectivity index is 2.22. The van der Waals surface area contributed by atoms with Gasteiger partial charge in [0, 0.05) is 25.6 Å². The minimum absolute atomic E-state index is 0.0890. The predicted molar refractivity (Wildman–Crippen MR) is 115 cm³/mol. The van der Waals surface area contributed by atoms with Gasteiger partial charge in [-0.05, 0) is 38.0 Å².